The van der Waals surface area contributed by atoms with E-state index < -0.39 is 6.04 Å². The highest BCUT2D eigenvalue weighted by Gasteiger charge is 2.40. The molecule has 33 heavy (non-hydrogen) atoms. The van der Waals surface area contributed by atoms with Crippen molar-refractivity contribution in [1.29, 1.82) is 0 Å². The van der Waals surface area contributed by atoms with Crippen molar-refractivity contribution in [2.24, 2.45) is 0 Å². The van der Waals surface area contributed by atoms with Crippen LogP contribution in [0.2, 0.25) is 4.34 Å². The molecule has 1 aromatic carbocycles. The molecule has 10 heteroatoms. The zero-order chi connectivity index (χ0) is 23.5. The van der Waals surface area contributed by atoms with Crippen LogP contribution in [0.25, 0.3) is 10.9 Å². The summed E-state index contributed by atoms with van der Waals surface area (Å²) < 4.78 is 6.20. The van der Waals surface area contributed by atoms with Gasteiger partial charge >= 0.3 is 0 Å². The Balaban J connectivity index is 1.49. The summed E-state index contributed by atoms with van der Waals surface area (Å²) in [6.07, 6.45) is 2.82. The third kappa shape index (κ3) is 5.04. The highest BCUT2D eigenvalue weighted by atomic mass is 35.5. The second-order valence-corrected chi connectivity index (χ2v) is 9.69. The van der Waals surface area contributed by atoms with Crippen LogP contribution in [0.5, 0.6) is 5.75 Å². The van der Waals surface area contributed by atoms with E-state index in [1.807, 2.05) is 36.9 Å². The molecule has 2 atom stereocenters. The molecule has 3 aromatic rings. The van der Waals surface area contributed by atoms with Gasteiger partial charge in [-0.05, 0) is 31.0 Å². The zero-order valence-electron chi connectivity index (χ0n) is 18.5. The third-order valence-electron chi connectivity index (χ3n) is 5.81. The average molecular weight is 488 g/mol. The summed E-state index contributed by atoms with van der Waals surface area (Å²) in [5.74, 6) is 0.737. The maximum Gasteiger partial charge on any atom is 0.261 e. The van der Waals surface area contributed by atoms with Gasteiger partial charge in [0.25, 0.3) is 5.91 Å². The van der Waals surface area contributed by atoms with E-state index in [0.717, 1.165) is 22.9 Å². The zero-order valence-corrected chi connectivity index (χ0v) is 20.1. The molecule has 0 bridgehead atoms. The molecule has 0 radical (unpaired) electrons. The molecule has 0 aliphatic carbocycles. The smallest absolute Gasteiger partial charge is 0.261 e. The number of hydrogen-bond acceptors (Lipinski definition) is 7. The number of nitrogens with zero attached hydrogens (tertiary/aromatic N) is 4. The second kappa shape index (κ2) is 9.93. The molecule has 174 valence electrons. The standard InChI is InChI=1S/C23H26ClN5O3S/c1-3-4-19-23(31)28(10-15-5-6-17-18(7-15)26-13-27-22(17)25)14(2)9-29(19)21(30)11-32-16-8-20(24)33-12-16/h5-8,12-14,19H,3-4,9-11H2,1-2H3,(H2,25,26,27)/t14-,19+/m1/s1. The van der Waals surface area contributed by atoms with Crippen LogP contribution in [-0.4, -0.2) is 56.8 Å². The molecule has 0 spiro atoms. The van der Waals surface area contributed by atoms with E-state index in [9.17, 15) is 9.59 Å². The molecule has 3 heterocycles. The molecule has 2 aromatic heterocycles. The van der Waals surface area contributed by atoms with Gasteiger partial charge in [0, 0.05) is 36.0 Å². The summed E-state index contributed by atoms with van der Waals surface area (Å²) in [6.45, 7) is 4.73. The van der Waals surface area contributed by atoms with Crippen LogP contribution >= 0.6 is 22.9 Å². The minimum Gasteiger partial charge on any atom is -0.483 e. The van der Waals surface area contributed by atoms with Gasteiger partial charge < -0.3 is 20.3 Å². The fourth-order valence-electron chi connectivity index (χ4n) is 4.13. The van der Waals surface area contributed by atoms with Gasteiger partial charge in [-0.25, -0.2) is 9.97 Å². The summed E-state index contributed by atoms with van der Waals surface area (Å²) in [5.41, 5.74) is 7.62. The van der Waals surface area contributed by atoms with Gasteiger partial charge in [0.1, 0.15) is 23.9 Å². The van der Waals surface area contributed by atoms with E-state index in [-0.39, 0.29) is 24.5 Å². The third-order valence-corrected chi connectivity index (χ3v) is 6.88. The van der Waals surface area contributed by atoms with Crippen molar-refractivity contribution < 1.29 is 14.3 Å². The summed E-state index contributed by atoms with van der Waals surface area (Å²) in [7, 11) is 0. The summed E-state index contributed by atoms with van der Waals surface area (Å²) >= 11 is 7.27. The first-order valence-electron chi connectivity index (χ1n) is 10.8. The molecule has 0 saturated carbocycles. The Morgan fingerprint density at radius 3 is 2.88 bits per heavy atom. The SMILES string of the molecule is CCC[C@H]1C(=O)N(Cc2ccc3c(N)ncnc3c2)[C@H](C)CN1C(=O)COc1csc(Cl)c1. The van der Waals surface area contributed by atoms with E-state index in [1.54, 1.807) is 16.3 Å². The van der Waals surface area contributed by atoms with Crippen LogP contribution in [0.15, 0.2) is 36.0 Å². The lowest BCUT2D eigenvalue weighted by molar-refractivity contribution is -0.156. The number of piperazine rings is 1. The number of halogens is 1. The number of rotatable bonds is 7. The molecule has 2 N–H and O–H groups in total. The van der Waals surface area contributed by atoms with E-state index in [2.05, 4.69) is 9.97 Å². The molecule has 1 fully saturated rings. The first kappa shape index (κ1) is 23.3. The van der Waals surface area contributed by atoms with Crippen LogP contribution in [0.4, 0.5) is 5.82 Å². The van der Waals surface area contributed by atoms with Crippen molar-refractivity contribution in [1.82, 2.24) is 19.8 Å². The van der Waals surface area contributed by atoms with Crippen molar-refractivity contribution >= 4 is 51.5 Å². The molecule has 1 saturated heterocycles. The summed E-state index contributed by atoms with van der Waals surface area (Å²) in [5, 5.41) is 2.54. The number of nitrogen functional groups attached to an aromatic ring is 1. The van der Waals surface area contributed by atoms with Gasteiger partial charge in [-0.15, -0.1) is 11.3 Å². The Kier molecular flexibility index (Phi) is 6.99. The quantitative estimate of drug-likeness (QED) is 0.544. The number of fused-ring (bicyclic) bond motifs is 1. The number of carbonyl (C=O) groups excluding carboxylic acids is 2. The Morgan fingerprint density at radius 2 is 2.15 bits per heavy atom. The van der Waals surface area contributed by atoms with E-state index in [1.165, 1.54) is 17.7 Å². The average Bonchev–Trinajstić information content (AvgIpc) is 3.22. The first-order chi connectivity index (χ1) is 15.9. The lowest BCUT2D eigenvalue weighted by Gasteiger charge is -2.44. The van der Waals surface area contributed by atoms with E-state index in [4.69, 9.17) is 22.1 Å². The lowest BCUT2D eigenvalue weighted by Crippen LogP contribution is -2.62. The monoisotopic (exact) mass is 487 g/mol. The van der Waals surface area contributed by atoms with Crippen molar-refractivity contribution in [2.45, 2.75) is 45.3 Å². The molecular formula is C23H26ClN5O3S. The largest absolute Gasteiger partial charge is 0.483 e. The van der Waals surface area contributed by atoms with E-state index >= 15 is 0 Å². The Morgan fingerprint density at radius 1 is 1.33 bits per heavy atom. The molecule has 4 rings (SSSR count). The van der Waals surface area contributed by atoms with Crippen LogP contribution < -0.4 is 10.5 Å². The van der Waals surface area contributed by atoms with Gasteiger partial charge in [0.05, 0.1) is 9.85 Å². The van der Waals surface area contributed by atoms with Gasteiger partial charge in [0.15, 0.2) is 6.61 Å². The second-order valence-electron chi connectivity index (χ2n) is 8.15. The molecule has 2 amide bonds. The predicted molar refractivity (Wildman–Crippen MR) is 129 cm³/mol. The predicted octanol–water partition coefficient (Wildman–Crippen LogP) is 3.73. The number of thiophene rings is 1. The normalized spacial score (nSPS) is 18.7. The van der Waals surface area contributed by atoms with Crippen LogP contribution in [0.1, 0.15) is 32.3 Å². The number of aromatic nitrogens is 2. The topological polar surface area (TPSA) is 102 Å². The summed E-state index contributed by atoms with van der Waals surface area (Å²) in [4.78, 5) is 38.3. The summed E-state index contributed by atoms with van der Waals surface area (Å²) in [6, 6.07) is 6.78. The molecule has 0 unspecified atom stereocenters. The fraction of sp³-hybridized carbons (Fsp3) is 0.391. The molecular weight excluding hydrogens is 462 g/mol. The Hall–Kier alpha value is -2.91. The number of amides is 2. The molecule has 1 aliphatic heterocycles. The highest BCUT2D eigenvalue weighted by Crippen LogP contribution is 2.27. The number of nitrogens with two attached hydrogens (primary N) is 1. The number of ether oxygens (including phenoxy) is 1. The molecule has 1 aliphatic rings. The van der Waals surface area contributed by atoms with Crippen LogP contribution in [0, 0.1) is 0 Å². The van der Waals surface area contributed by atoms with Gasteiger partial charge in [-0.1, -0.05) is 31.0 Å². The maximum absolute atomic E-state index is 13.5. The fourth-order valence-corrected chi connectivity index (χ4v) is 4.92. The highest BCUT2D eigenvalue weighted by molar-refractivity contribution is 7.14. The first-order valence-corrected chi connectivity index (χ1v) is 12.1. The van der Waals surface area contributed by atoms with Crippen LogP contribution in [0.3, 0.4) is 0 Å². The van der Waals surface area contributed by atoms with E-state index in [0.29, 0.717) is 35.4 Å². The van der Waals surface area contributed by atoms with Gasteiger partial charge in [-0.2, -0.15) is 0 Å². The minimum absolute atomic E-state index is 0.0511. The maximum atomic E-state index is 13.5. The van der Waals surface area contributed by atoms with Crippen molar-refractivity contribution in [3.05, 3.63) is 45.9 Å². The van der Waals surface area contributed by atoms with Crippen molar-refractivity contribution in [2.75, 3.05) is 18.9 Å². The Labute approximate surface area is 201 Å². The molecule has 8 nitrogen and oxygen atoms in total. The number of hydrogen-bond donors (Lipinski definition) is 1. The minimum atomic E-state index is -0.508. The lowest BCUT2D eigenvalue weighted by atomic mass is 10.0. The number of benzene rings is 1. The van der Waals surface area contributed by atoms with Crippen molar-refractivity contribution in [3.63, 3.8) is 0 Å². The van der Waals surface area contributed by atoms with Gasteiger partial charge in [-0.3, -0.25) is 9.59 Å². The van der Waals surface area contributed by atoms with Crippen LogP contribution in [-0.2, 0) is 16.1 Å². The number of anilines is 1. The van der Waals surface area contributed by atoms with Gasteiger partial charge in [0.2, 0.25) is 5.91 Å². The van der Waals surface area contributed by atoms with Crippen molar-refractivity contribution in [3.8, 4) is 5.75 Å². The Bertz CT molecular complexity index is 1170. The number of carbonyl (C=O) groups is 2.